The molecule has 0 radical (unpaired) electrons. The minimum absolute atomic E-state index is 0.00622. The Hall–Kier alpha value is -2.54. The first kappa shape index (κ1) is 13.4. The van der Waals surface area contributed by atoms with E-state index in [2.05, 4.69) is 9.97 Å². The Morgan fingerprint density at radius 1 is 1.33 bits per heavy atom. The third-order valence-corrected chi connectivity index (χ3v) is 2.96. The van der Waals surface area contributed by atoms with Crippen molar-refractivity contribution in [3.63, 3.8) is 0 Å². The van der Waals surface area contributed by atoms with Gasteiger partial charge in [-0.1, -0.05) is 6.07 Å². The molecule has 1 aliphatic heterocycles. The fraction of sp³-hybridized carbons (Fsp3) is 0.286. The second-order valence-electron chi connectivity index (χ2n) is 4.44. The van der Waals surface area contributed by atoms with Gasteiger partial charge < -0.3 is 23.9 Å². The van der Waals surface area contributed by atoms with E-state index < -0.39 is 0 Å². The van der Waals surface area contributed by atoms with E-state index in [9.17, 15) is 4.79 Å². The second kappa shape index (κ2) is 5.84. The summed E-state index contributed by atoms with van der Waals surface area (Å²) in [5.41, 5.74) is 0.630. The largest absolute Gasteiger partial charge is 0.460 e. The van der Waals surface area contributed by atoms with Gasteiger partial charge in [-0.3, -0.25) is 4.79 Å². The Labute approximate surface area is 120 Å². The summed E-state index contributed by atoms with van der Waals surface area (Å²) in [7, 11) is 1.48. The average Bonchev–Trinajstić information content (AvgIpc) is 2.94. The standard InChI is InChI=1S/C14H14N2O5/c1-18-7-19-12-6-15-13(16-14(12)17)5-9-2-3-10-11(4-9)21-8-20-10/h2-4,6H,5,7-8H2,1H3,(H,15,16,17). The lowest BCUT2D eigenvalue weighted by atomic mass is 10.1. The van der Waals surface area contributed by atoms with Crippen LogP contribution in [-0.2, 0) is 11.2 Å². The van der Waals surface area contributed by atoms with Crippen LogP contribution < -0.4 is 19.8 Å². The highest BCUT2D eigenvalue weighted by molar-refractivity contribution is 5.45. The van der Waals surface area contributed by atoms with Crippen molar-refractivity contribution in [1.29, 1.82) is 0 Å². The van der Waals surface area contributed by atoms with Crippen molar-refractivity contribution in [2.24, 2.45) is 0 Å². The molecule has 0 spiro atoms. The molecule has 2 heterocycles. The van der Waals surface area contributed by atoms with Crippen LogP contribution in [0.3, 0.4) is 0 Å². The molecule has 0 saturated carbocycles. The van der Waals surface area contributed by atoms with Crippen molar-refractivity contribution in [1.82, 2.24) is 9.97 Å². The molecular weight excluding hydrogens is 276 g/mol. The summed E-state index contributed by atoms with van der Waals surface area (Å²) in [6.45, 7) is 0.242. The molecule has 7 heteroatoms. The molecular formula is C14H14N2O5. The molecule has 7 nitrogen and oxygen atoms in total. The number of hydrogen-bond donors (Lipinski definition) is 1. The van der Waals surface area contributed by atoms with Gasteiger partial charge in [-0.15, -0.1) is 0 Å². The number of benzene rings is 1. The Balaban J connectivity index is 1.76. The van der Waals surface area contributed by atoms with Gasteiger partial charge in [-0.25, -0.2) is 4.98 Å². The highest BCUT2D eigenvalue weighted by Crippen LogP contribution is 2.32. The van der Waals surface area contributed by atoms with Crippen LogP contribution in [0.25, 0.3) is 0 Å². The summed E-state index contributed by atoms with van der Waals surface area (Å²) < 4.78 is 20.4. The molecule has 0 saturated heterocycles. The molecule has 21 heavy (non-hydrogen) atoms. The Bertz CT molecular complexity index is 698. The average molecular weight is 290 g/mol. The normalized spacial score (nSPS) is 12.4. The van der Waals surface area contributed by atoms with E-state index in [0.717, 1.165) is 11.3 Å². The van der Waals surface area contributed by atoms with Crippen LogP contribution in [0.15, 0.2) is 29.2 Å². The molecule has 1 aliphatic rings. The summed E-state index contributed by atoms with van der Waals surface area (Å²) in [5.74, 6) is 2.10. The fourth-order valence-electron chi connectivity index (χ4n) is 1.98. The SMILES string of the molecule is COCOc1cnc(Cc2ccc3c(c2)OCO3)[nH]c1=O. The van der Waals surface area contributed by atoms with Crippen molar-refractivity contribution in [2.45, 2.75) is 6.42 Å². The number of hydrogen-bond acceptors (Lipinski definition) is 6. The second-order valence-corrected chi connectivity index (χ2v) is 4.44. The number of rotatable bonds is 5. The van der Waals surface area contributed by atoms with Crippen molar-refractivity contribution in [3.8, 4) is 17.2 Å². The van der Waals surface area contributed by atoms with Gasteiger partial charge in [-0.05, 0) is 17.7 Å². The monoisotopic (exact) mass is 290 g/mol. The van der Waals surface area contributed by atoms with E-state index in [1.807, 2.05) is 18.2 Å². The Morgan fingerprint density at radius 3 is 3.00 bits per heavy atom. The highest BCUT2D eigenvalue weighted by atomic mass is 16.7. The molecule has 110 valence electrons. The van der Waals surface area contributed by atoms with Crippen molar-refractivity contribution in [3.05, 3.63) is 46.1 Å². The van der Waals surface area contributed by atoms with E-state index in [1.165, 1.54) is 13.3 Å². The molecule has 0 amide bonds. The van der Waals surface area contributed by atoms with E-state index in [0.29, 0.717) is 18.0 Å². The van der Waals surface area contributed by atoms with Gasteiger partial charge >= 0.3 is 0 Å². The molecule has 0 unspecified atom stereocenters. The van der Waals surface area contributed by atoms with E-state index in [4.69, 9.17) is 18.9 Å². The number of methoxy groups -OCH3 is 1. The summed E-state index contributed by atoms with van der Waals surface area (Å²) in [4.78, 5) is 18.7. The quantitative estimate of drug-likeness (QED) is 0.829. The van der Waals surface area contributed by atoms with E-state index in [1.54, 1.807) is 0 Å². The lowest BCUT2D eigenvalue weighted by molar-refractivity contribution is 0.0497. The number of nitrogens with zero attached hydrogens (tertiary/aromatic N) is 1. The van der Waals surface area contributed by atoms with Crippen LogP contribution in [0.1, 0.15) is 11.4 Å². The maximum Gasteiger partial charge on any atom is 0.293 e. The van der Waals surface area contributed by atoms with Crippen molar-refractivity contribution < 1.29 is 18.9 Å². The molecule has 1 N–H and O–H groups in total. The van der Waals surface area contributed by atoms with Crippen LogP contribution >= 0.6 is 0 Å². The fourth-order valence-corrected chi connectivity index (χ4v) is 1.98. The predicted octanol–water partition coefficient (Wildman–Crippen LogP) is 1.07. The smallest absolute Gasteiger partial charge is 0.293 e. The van der Waals surface area contributed by atoms with Crippen LogP contribution in [0.5, 0.6) is 17.2 Å². The van der Waals surface area contributed by atoms with Gasteiger partial charge in [-0.2, -0.15) is 0 Å². The highest BCUT2D eigenvalue weighted by Gasteiger charge is 2.13. The number of ether oxygens (including phenoxy) is 4. The summed E-state index contributed by atoms with van der Waals surface area (Å²) in [6.07, 6.45) is 1.87. The number of H-pyrrole nitrogens is 1. The first-order valence-electron chi connectivity index (χ1n) is 6.35. The third kappa shape index (κ3) is 2.97. The first-order chi connectivity index (χ1) is 10.3. The number of nitrogens with one attached hydrogen (secondary N) is 1. The van der Waals surface area contributed by atoms with Gasteiger partial charge in [0, 0.05) is 13.5 Å². The van der Waals surface area contributed by atoms with Gasteiger partial charge in [0.1, 0.15) is 5.82 Å². The number of aromatic amines is 1. The lowest BCUT2D eigenvalue weighted by Crippen LogP contribution is -2.16. The van der Waals surface area contributed by atoms with Gasteiger partial charge in [0.15, 0.2) is 18.3 Å². The summed E-state index contributed by atoms with van der Waals surface area (Å²) >= 11 is 0. The molecule has 3 rings (SSSR count). The third-order valence-electron chi connectivity index (χ3n) is 2.96. The zero-order valence-corrected chi connectivity index (χ0v) is 11.4. The van der Waals surface area contributed by atoms with Gasteiger partial charge in [0.2, 0.25) is 12.5 Å². The Morgan fingerprint density at radius 2 is 2.19 bits per heavy atom. The van der Waals surface area contributed by atoms with Gasteiger partial charge in [0.25, 0.3) is 5.56 Å². The topological polar surface area (TPSA) is 82.7 Å². The maximum absolute atomic E-state index is 11.8. The molecule has 0 aliphatic carbocycles. The molecule has 1 aromatic carbocycles. The number of fused-ring (bicyclic) bond motifs is 1. The zero-order valence-electron chi connectivity index (χ0n) is 11.4. The first-order valence-corrected chi connectivity index (χ1v) is 6.35. The molecule has 0 bridgehead atoms. The molecule has 0 atom stereocenters. The van der Waals surface area contributed by atoms with Crippen molar-refractivity contribution in [2.75, 3.05) is 20.7 Å². The molecule has 0 fully saturated rings. The van der Waals surface area contributed by atoms with E-state index in [-0.39, 0.29) is 24.9 Å². The van der Waals surface area contributed by atoms with Crippen LogP contribution in [0, 0.1) is 0 Å². The van der Waals surface area contributed by atoms with Crippen molar-refractivity contribution >= 4 is 0 Å². The lowest BCUT2D eigenvalue weighted by Gasteiger charge is -2.05. The summed E-state index contributed by atoms with van der Waals surface area (Å²) in [5, 5.41) is 0. The summed E-state index contributed by atoms with van der Waals surface area (Å²) in [6, 6.07) is 5.62. The zero-order chi connectivity index (χ0) is 14.7. The Kier molecular flexibility index (Phi) is 3.74. The minimum atomic E-state index is -0.335. The van der Waals surface area contributed by atoms with Crippen LogP contribution in [0.4, 0.5) is 0 Å². The van der Waals surface area contributed by atoms with Crippen LogP contribution in [0.2, 0.25) is 0 Å². The van der Waals surface area contributed by atoms with Crippen LogP contribution in [-0.4, -0.2) is 30.7 Å². The number of aromatic nitrogens is 2. The van der Waals surface area contributed by atoms with E-state index >= 15 is 0 Å². The predicted molar refractivity (Wildman–Crippen MR) is 72.7 cm³/mol. The minimum Gasteiger partial charge on any atom is -0.460 e. The molecule has 2 aromatic rings. The maximum atomic E-state index is 11.8. The van der Waals surface area contributed by atoms with Gasteiger partial charge in [0.05, 0.1) is 6.20 Å². The molecule has 1 aromatic heterocycles.